The van der Waals surface area contributed by atoms with Gasteiger partial charge in [0.2, 0.25) is 82.7 Å². The second-order valence-corrected chi connectivity index (χ2v) is 26.5. The highest BCUT2D eigenvalue weighted by molar-refractivity contribution is 6.07. The molecule has 0 spiro atoms. The maximum absolute atomic E-state index is 14.8. The molecule has 626 valence electrons. The van der Waals surface area contributed by atoms with E-state index in [1.54, 1.807) is 0 Å². The number of carbonyl (C=O) groups is 21. The van der Waals surface area contributed by atoms with Crippen LogP contribution in [0.1, 0.15) is 151 Å². The maximum Gasteiger partial charge on any atom is 0.329 e. The number of aliphatic hydroxyl groups excluding tert-OH is 1. The van der Waals surface area contributed by atoms with E-state index >= 15 is 0 Å². The monoisotopic (exact) mass is 1610 g/mol. The quantitative estimate of drug-likeness (QED) is 0.0132. The van der Waals surface area contributed by atoms with Gasteiger partial charge in [-0.15, -0.1) is 0 Å². The Morgan fingerprint density at radius 2 is 0.982 bits per heavy atom. The van der Waals surface area contributed by atoms with Crippen molar-refractivity contribution in [3.05, 3.63) is 59.7 Å². The Labute approximate surface area is 651 Å². The van der Waals surface area contributed by atoms with Gasteiger partial charge in [0.05, 0.1) is 51.8 Å². The Morgan fingerprint density at radius 1 is 0.500 bits per heavy atom. The van der Waals surface area contributed by atoms with Crippen LogP contribution >= 0.6 is 0 Å². The molecule has 1 aliphatic rings. The summed E-state index contributed by atoms with van der Waals surface area (Å²) in [4.78, 5) is 286. The maximum atomic E-state index is 14.8. The SMILES string of the molecule is CCCCCCCCC(=O)NC(CC(=O)c1ccccc1N)C(=O)NC(CC(N)=O)C(=O)NC(CC(=O)O)C(=O)NC1C(=O)NCC(=O)NC(CCCN)C(=O)NC(CC(=O)O)C(=O)NC(C)C(=O)NC(CC(=O)O)C(=O)NCC(=O)NC(CO)C(=O)NC(C(C)CC(=O)O)C(=O)NC(CC(=O)c2ccccc2N)C(=O)OC1C. The van der Waals surface area contributed by atoms with Gasteiger partial charge in [-0.2, -0.15) is 0 Å². The van der Waals surface area contributed by atoms with Crippen LogP contribution in [-0.4, -0.2) is 248 Å². The van der Waals surface area contributed by atoms with Crippen LogP contribution in [0, 0.1) is 5.92 Å². The molecule has 44 nitrogen and oxygen atoms in total. The normalized spacial score (nSPS) is 21.2. The molecule has 0 aliphatic carbocycles. The fraction of sp³-hybridized carbons (Fsp3) is 0.529. The number of aliphatic hydroxyl groups is 1. The number of ketones is 2. The molecule has 0 radical (unpaired) electrons. The van der Waals surface area contributed by atoms with Gasteiger partial charge >= 0.3 is 29.8 Å². The Bertz CT molecular complexity index is 3880. The van der Waals surface area contributed by atoms with E-state index in [9.17, 15) is 126 Å². The van der Waals surface area contributed by atoms with Gasteiger partial charge in [-0.25, -0.2) is 4.79 Å². The molecule has 0 aromatic heterocycles. The molecule has 1 fully saturated rings. The standard InChI is InChI=1S/C70H99N17O27/c1-5-6-7-8-9-10-21-51(92)79-41(24-48(89)36-16-11-13-18-38(36)72)64(107)82-42(26-50(74)91)65(108)84-45(29-57(101)102)66(109)87-59-35(4)114-70(113)46(25-49(90)37-17-12-14-19-39(37)73)85-69(112)58(33(2)23-54(95)96)86-67(110)47(32-88)80-53(94)30-75-61(104)43(27-55(97)98)81-60(103)34(3)77-63(106)44(28-56(99)100)83-62(105)40(20-15-22-71)78-52(93)31-76-68(59)111/h11-14,16-19,33-35,40-47,58-59,88H,5-10,15,20-32,71-73H2,1-4H3,(H2,74,91)(H,75,104)(H,76,111)(H,77,106)(H,78,93)(H,79,92)(H,80,94)(H,81,103)(H,82,107)(H,83,105)(H,84,108)(H,85,112)(H,86,110)(H,87,109)(H,95,96)(H,97,98)(H,99,100)(H,101,102). The number of carboxylic acids is 4. The average molecular weight is 1610 g/mol. The zero-order chi connectivity index (χ0) is 85.6. The van der Waals surface area contributed by atoms with Crippen LogP contribution in [0.2, 0.25) is 0 Å². The second-order valence-electron chi connectivity index (χ2n) is 26.5. The molecule has 1 heterocycles. The van der Waals surface area contributed by atoms with Gasteiger partial charge < -0.3 is 122 Å². The number of primary amides is 1. The molecule has 13 atom stereocenters. The molecule has 1 aliphatic heterocycles. The molecule has 2 aromatic rings. The molecule has 2 aromatic carbocycles. The summed E-state index contributed by atoms with van der Waals surface area (Å²) in [5.74, 6) is -31.4. The Morgan fingerprint density at radius 3 is 1.52 bits per heavy atom. The first-order valence-electron chi connectivity index (χ1n) is 36.0. The fourth-order valence-electron chi connectivity index (χ4n) is 11.1. The minimum atomic E-state index is -2.48. The summed E-state index contributed by atoms with van der Waals surface area (Å²) in [6.07, 6.45) is -6.36. The van der Waals surface area contributed by atoms with Gasteiger partial charge in [0.15, 0.2) is 11.6 Å². The van der Waals surface area contributed by atoms with Gasteiger partial charge in [-0.05, 0) is 69.8 Å². The van der Waals surface area contributed by atoms with Crippen molar-refractivity contribution >= 4 is 135 Å². The molecule has 44 heteroatoms. The van der Waals surface area contributed by atoms with Gasteiger partial charge in [-0.3, -0.25) is 95.9 Å². The molecular weight excluding hydrogens is 1510 g/mol. The van der Waals surface area contributed by atoms with Gasteiger partial charge in [-0.1, -0.05) is 70.2 Å². The molecule has 26 N–H and O–H groups in total. The van der Waals surface area contributed by atoms with Crippen LogP contribution < -0.4 is 92.1 Å². The van der Waals surface area contributed by atoms with Crippen molar-refractivity contribution in [3.63, 3.8) is 0 Å². The third-order valence-corrected chi connectivity index (χ3v) is 17.2. The van der Waals surface area contributed by atoms with E-state index in [0.29, 0.717) is 12.8 Å². The van der Waals surface area contributed by atoms with E-state index < -0.39 is 274 Å². The van der Waals surface area contributed by atoms with Gasteiger partial charge in [0.1, 0.15) is 72.6 Å². The third-order valence-electron chi connectivity index (χ3n) is 17.2. The van der Waals surface area contributed by atoms with Gasteiger partial charge in [0, 0.05) is 41.8 Å². The number of nitrogen functional groups attached to an aromatic ring is 2. The Balaban J connectivity index is 2.30. The van der Waals surface area contributed by atoms with Gasteiger partial charge in [0.25, 0.3) is 0 Å². The number of anilines is 2. The molecule has 0 saturated carbocycles. The number of carbonyl (C=O) groups excluding carboxylic acids is 17. The first kappa shape index (κ1) is 95.4. The molecular formula is C70H99N17O27. The van der Waals surface area contributed by atoms with Crippen molar-refractivity contribution in [1.29, 1.82) is 0 Å². The number of nitrogens with two attached hydrogens (primary N) is 4. The Hall–Kier alpha value is -12.8. The number of cyclic esters (lactones) is 1. The molecule has 114 heavy (non-hydrogen) atoms. The first-order chi connectivity index (χ1) is 53.7. The van der Waals surface area contributed by atoms with E-state index in [1.165, 1.54) is 48.5 Å². The number of Topliss-reactive ketones (excluding diaryl/α,β-unsaturated/α-hetero) is 2. The second kappa shape index (κ2) is 48.1. The number of para-hydroxylation sites is 2. The van der Waals surface area contributed by atoms with Crippen LogP contribution in [0.3, 0.4) is 0 Å². The summed E-state index contributed by atoms with van der Waals surface area (Å²) in [5, 5.41) is 77.2. The smallest absolute Gasteiger partial charge is 0.329 e. The van der Waals surface area contributed by atoms with Crippen molar-refractivity contribution in [3.8, 4) is 0 Å². The number of hydrogen-bond acceptors (Lipinski definition) is 26. The molecule has 3 rings (SSSR count). The van der Waals surface area contributed by atoms with Crippen LogP contribution in [0.4, 0.5) is 11.4 Å². The lowest BCUT2D eigenvalue weighted by Crippen LogP contribution is -2.62. The number of benzene rings is 2. The van der Waals surface area contributed by atoms with Crippen molar-refractivity contribution in [2.24, 2.45) is 17.4 Å². The highest BCUT2D eigenvalue weighted by atomic mass is 16.5. The first-order valence-corrected chi connectivity index (χ1v) is 36.0. The zero-order valence-corrected chi connectivity index (χ0v) is 62.8. The Kier molecular flexibility index (Phi) is 40.3. The van der Waals surface area contributed by atoms with E-state index in [2.05, 4.69) is 47.9 Å². The van der Waals surface area contributed by atoms with E-state index in [-0.39, 0.29) is 41.9 Å². The fourth-order valence-corrected chi connectivity index (χ4v) is 11.1. The predicted molar refractivity (Wildman–Crippen MR) is 393 cm³/mol. The number of nitrogens with one attached hydrogen (secondary N) is 13. The zero-order valence-electron chi connectivity index (χ0n) is 62.8. The topological polar surface area (TPSA) is 729 Å². The number of carboxylic acid groups (broad SMARTS) is 4. The predicted octanol–water partition coefficient (Wildman–Crippen LogP) is -6.88. The number of amides is 14. The average Bonchev–Trinajstić information content (AvgIpc) is 0.895. The highest BCUT2D eigenvalue weighted by Crippen LogP contribution is 2.19. The lowest BCUT2D eigenvalue weighted by atomic mass is 9.96. The van der Waals surface area contributed by atoms with Crippen molar-refractivity contribution < 1.29 is 131 Å². The summed E-state index contributed by atoms with van der Waals surface area (Å²) >= 11 is 0. The number of hydrogen-bond donors (Lipinski definition) is 22. The van der Waals surface area contributed by atoms with Crippen LogP contribution in [0.25, 0.3) is 0 Å². The summed E-state index contributed by atoms with van der Waals surface area (Å²) in [6.45, 7) is 0.945. The summed E-state index contributed by atoms with van der Waals surface area (Å²) in [6, 6.07) is -12.5. The minimum absolute atomic E-state index is 0.0227. The molecule has 14 amide bonds. The lowest BCUT2D eigenvalue weighted by Gasteiger charge is -2.30. The van der Waals surface area contributed by atoms with E-state index in [4.69, 9.17) is 27.7 Å². The third kappa shape index (κ3) is 33.4. The number of esters is 1. The van der Waals surface area contributed by atoms with Crippen LogP contribution in [-0.2, 0) is 95.8 Å². The number of unbranched alkanes of at least 4 members (excludes halogenated alkanes) is 5. The minimum Gasteiger partial charge on any atom is -0.481 e. The molecule has 0 bridgehead atoms. The largest absolute Gasteiger partial charge is 0.481 e. The van der Waals surface area contributed by atoms with Crippen molar-refractivity contribution in [1.82, 2.24) is 69.1 Å². The number of aliphatic carboxylic acids is 4. The highest BCUT2D eigenvalue weighted by Gasteiger charge is 2.41. The number of rotatable bonds is 35. The summed E-state index contributed by atoms with van der Waals surface area (Å²) < 4.78 is 5.65. The van der Waals surface area contributed by atoms with E-state index in [0.717, 1.165) is 46.5 Å². The number of ether oxygens (including phenoxy) is 1. The molecule has 13 unspecified atom stereocenters. The van der Waals surface area contributed by atoms with E-state index in [1.807, 2.05) is 28.2 Å². The van der Waals surface area contributed by atoms with Crippen LogP contribution in [0.5, 0.6) is 0 Å². The lowest BCUT2D eigenvalue weighted by molar-refractivity contribution is -0.156. The van der Waals surface area contributed by atoms with Crippen molar-refractivity contribution in [2.75, 3.05) is 37.7 Å². The van der Waals surface area contributed by atoms with Crippen LogP contribution in [0.15, 0.2) is 48.5 Å². The van der Waals surface area contributed by atoms with Crippen molar-refractivity contribution in [2.45, 2.75) is 203 Å². The summed E-state index contributed by atoms with van der Waals surface area (Å²) in [5.41, 5.74) is 22.7. The summed E-state index contributed by atoms with van der Waals surface area (Å²) in [7, 11) is 0. The molecule has 1 saturated heterocycles.